The SMILES string of the molecule is CC(=O)N[C@@H](CCN1[C@@H]2CC[C@H]1CC(n1c(C)nc3c1CN(C(=O)CC(F)(F)F)CC3)C2)c1ccccc1. The molecule has 3 aliphatic rings. The normalized spacial score (nSPS) is 24.2. The predicted molar refractivity (Wildman–Crippen MR) is 136 cm³/mol. The number of carbonyl (C=O) groups excluding carboxylic acids is 2. The van der Waals surface area contributed by atoms with Crippen molar-refractivity contribution in [2.24, 2.45) is 0 Å². The van der Waals surface area contributed by atoms with Crippen LogP contribution >= 0.6 is 0 Å². The lowest BCUT2D eigenvalue weighted by Gasteiger charge is -2.41. The number of piperidine rings is 1. The molecule has 5 rings (SSSR count). The summed E-state index contributed by atoms with van der Waals surface area (Å²) in [7, 11) is 0. The third-order valence-electron chi connectivity index (χ3n) is 8.41. The minimum absolute atomic E-state index is 0.0334. The van der Waals surface area contributed by atoms with Gasteiger partial charge in [0.2, 0.25) is 11.8 Å². The predicted octanol–water partition coefficient (Wildman–Crippen LogP) is 4.46. The van der Waals surface area contributed by atoms with Crippen LogP contribution in [-0.4, -0.2) is 62.5 Å². The zero-order chi connectivity index (χ0) is 27.0. The summed E-state index contributed by atoms with van der Waals surface area (Å²) in [4.78, 5) is 32.9. The Morgan fingerprint density at radius 2 is 1.79 bits per heavy atom. The van der Waals surface area contributed by atoms with Gasteiger partial charge in [-0.05, 0) is 44.6 Å². The van der Waals surface area contributed by atoms with Crippen molar-refractivity contribution in [2.75, 3.05) is 13.1 Å². The van der Waals surface area contributed by atoms with Crippen LogP contribution in [0.4, 0.5) is 13.2 Å². The molecule has 4 atom stereocenters. The summed E-state index contributed by atoms with van der Waals surface area (Å²) in [6.45, 7) is 4.88. The minimum atomic E-state index is -4.50. The molecule has 2 amide bonds. The van der Waals surface area contributed by atoms with Gasteiger partial charge in [-0.25, -0.2) is 4.98 Å². The standard InChI is InChI=1S/C28H36F3N5O2/c1-18-32-25-10-12-34(27(38)16-28(29,30)31)17-26(25)36(18)23-14-21-8-9-22(15-23)35(21)13-11-24(33-19(2)37)20-6-4-3-5-7-20/h3-7,21-24H,8-17H2,1-2H3,(H,33,37)/t21-,22+,23?,24-/m0/s1. The Morgan fingerprint density at radius 3 is 2.42 bits per heavy atom. The molecule has 2 aromatic rings. The summed E-state index contributed by atoms with van der Waals surface area (Å²) >= 11 is 0. The van der Waals surface area contributed by atoms with E-state index in [-0.39, 0.29) is 31.1 Å². The molecule has 3 aliphatic heterocycles. The quantitative estimate of drug-likeness (QED) is 0.573. The van der Waals surface area contributed by atoms with Crippen molar-refractivity contribution >= 4 is 11.8 Å². The second-order valence-electron chi connectivity index (χ2n) is 11.0. The molecular formula is C28H36F3N5O2. The number of benzene rings is 1. The Kier molecular flexibility index (Phi) is 7.53. The van der Waals surface area contributed by atoms with Crippen molar-refractivity contribution in [1.29, 1.82) is 0 Å². The van der Waals surface area contributed by atoms with Crippen molar-refractivity contribution in [1.82, 2.24) is 24.7 Å². The van der Waals surface area contributed by atoms with Gasteiger partial charge in [-0.1, -0.05) is 30.3 Å². The molecule has 0 spiro atoms. The number of nitrogens with zero attached hydrogens (tertiary/aromatic N) is 4. The first-order chi connectivity index (χ1) is 18.1. The number of alkyl halides is 3. The molecule has 7 nitrogen and oxygen atoms in total. The third kappa shape index (κ3) is 5.75. The molecule has 0 saturated carbocycles. The van der Waals surface area contributed by atoms with Gasteiger partial charge in [-0.2, -0.15) is 13.2 Å². The molecule has 1 aromatic heterocycles. The van der Waals surface area contributed by atoms with Gasteiger partial charge >= 0.3 is 6.18 Å². The fourth-order valence-corrected chi connectivity index (χ4v) is 6.85. The van der Waals surface area contributed by atoms with E-state index < -0.39 is 18.5 Å². The van der Waals surface area contributed by atoms with Crippen LogP contribution in [0.25, 0.3) is 0 Å². The number of hydrogen-bond donors (Lipinski definition) is 1. The van der Waals surface area contributed by atoms with Crippen molar-refractivity contribution < 1.29 is 22.8 Å². The van der Waals surface area contributed by atoms with Crippen molar-refractivity contribution in [3.05, 3.63) is 53.1 Å². The molecule has 4 heterocycles. The van der Waals surface area contributed by atoms with Gasteiger partial charge < -0.3 is 14.8 Å². The fourth-order valence-electron chi connectivity index (χ4n) is 6.85. The number of carbonyl (C=O) groups is 2. The van der Waals surface area contributed by atoms with Gasteiger partial charge in [-0.15, -0.1) is 0 Å². The Labute approximate surface area is 221 Å². The van der Waals surface area contributed by atoms with Crippen molar-refractivity contribution in [3.8, 4) is 0 Å². The number of rotatable bonds is 7. The van der Waals surface area contributed by atoms with E-state index in [1.807, 2.05) is 25.1 Å². The number of amides is 2. The van der Waals surface area contributed by atoms with E-state index in [4.69, 9.17) is 4.98 Å². The van der Waals surface area contributed by atoms with Crippen LogP contribution in [-0.2, 0) is 22.6 Å². The summed E-state index contributed by atoms with van der Waals surface area (Å²) in [5.74, 6) is -0.0213. The number of aromatic nitrogens is 2. The van der Waals surface area contributed by atoms with E-state index in [0.29, 0.717) is 18.5 Å². The van der Waals surface area contributed by atoms with Gasteiger partial charge in [-0.3, -0.25) is 14.5 Å². The maximum Gasteiger partial charge on any atom is 0.397 e. The molecule has 2 bridgehead atoms. The Balaban J connectivity index is 1.27. The van der Waals surface area contributed by atoms with Crippen molar-refractivity contribution in [2.45, 2.75) is 95.7 Å². The second kappa shape index (κ2) is 10.7. The molecule has 0 radical (unpaired) electrons. The molecule has 1 unspecified atom stereocenters. The van der Waals surface area contributed by atoms with Gasteiger partial charge in [0, 0.05) is 44.6 Å². The summed E-state index contributed by atoms with van der Waals surface area (Å²) in [5, 5.41) is 3.11. The average molecular weight is 532 g/mol. The highest BCUT2D eigenvalue weighted by molar-refractivity contribution is 5.77. The maximum atomic E-state index is 12.8. The van der Waals surface area contributed by atoms with Crippen LogP contribution in [0.1, 0.15) is 80.3 Å². The first kappa shape index (κ1) is 26.7. The Morgan fingerprint density at radius 1 is 1.11 bits per heavy atom. The highest BCUT2D eigenvalue weighted by Gasteiger charge is 2.43. The van der Waals surface area contributed by atoms with E-state index in [0.717, 1.165) is 61.4 Å². The lowest BCUT2D eigenvalue weighted by Crippen LogP contribution is -2.45. The zero-order valence-electron chi connectivity index (χ0n) is 22.0. The molecular weight excluding hydrogens is 495 g/mol. The molecule has 206 valence electrons. The highest BCUT2D eigenvalue weighted by Crippen LogP contribution is 2.43. The number of hydrogen-bond acceptors (Lipinski definition) is 4. The number of halogens is 3. The highest BCUT2D eigenvalue weighted by atomic mass is 19.4. The number of aryl methyl sites for hydroxylation is 1. The number of fused-ring (bicyclic) bond motifs is 3. The maximum absolute atomic E-state index is 12.8. The summed E-state index contributed by atoms with van der Waals surface area (Å²) < 4.78 is 40.7. The van der Waals surface area contributed by atoms with Crippen LogP contribution in [0.3, 0.4) is 0 Å². The molecule has 0 aliphatic carbocycles. The van der Waals surface area contributed by atoms with E-state index in [1.165, 1.54) is 4.90 Å². The monoisotopic (exact) mass is 531 g/mol. The van der Waals surface area contributed by atoms with Crippen LogP contribution in [0.2, 0.25) is 0 Å². The first-order valence-corrected chi connectivity index (χ1v) is 13.6. The summed E-state index contributed by atoms with van der Waals surface area (Å²) in [6, 6.07) is 11.1. The third-order valence-corrected chi connectivity index (χ3v) is 8.41. The van der Waals surface area contributed by atoms with E-state index in [1.54, 1.807) is 6.92 Å². The summed E-state index contributed by atoms with van der Waals surface area (Å²) in [5.41, 5.74) is 2.92. The van der Waals surface area contributed by atoms with Gasteiger partial charge in [0.1, 0.15) is 12.2 Å². The molecule has 1 N–H and O–H groups in total. The lowest BCUT2D eigenvalue weighted by atomic mass is 9.95. The van der Waals surface area contributed by atoms with Gasteiger partial charge in [0.05, 0.1) is 24.0 Å². The molecule has 2 saturated heterocycles. The van der Waals surface area contributed by atoms with Gasteiger partial charge in [0.15, 0.2) is 0 Å². The molecule has 1 aromatic carbocycles. The average Bonchev–Trinajstić information content (AvgIpc) is 3.31. The zero-order valence-corrected chi connectivity index (χ0v) is 22.0. The molecule has 2 fully saturated rings. The number of imidazole rings is 1. The van der Waals surface area contributed by atoms with Crippen LogP contribution in [0.5, 0.6) is 0 Å². The van der Waals surface area contributed by atoms with E-state index in [2.05, 4.69) is 26.9 Å². The van der Waals surface area contributed by atoms with Crippen molar-refractivity contribution in [3.63, 3.8) is 0 Å². The lowest BCUT2D eigenvalue weighted by molar-refractivity contribution is -0.162. The summed E-state index contributed by atoms with van der Waals surface area (Å²) in [6.07, 6.45) is -0.467. The van der Waals surface area contributed by atoms with Crippen LogP contribution in [0.15, 0.2) is 30.3 Å². The number of nitrogens with one attached hydrogen (secondary N) is 1. The Bertz CT molecular complexity index is 1150. The molecule has 38 heavy (non-hydrogen) atoms. The fraction of sp³-hybridized carbons (Fsp3) is 0.607. The van der Waals surface area contributed by atoms with E-state index in [9.17, 15) is 22.8 Å². The van der Waals surface area contributed by atoms with Gasteiger partial charge in [0.25, 0.3) is 0 Å². The van der Waals surface area contributed by atoms with Crippen LogP contribution < -0.4 is 5.32 Å². The smallest absolute Gasteiger partial charge is 0.349 e. The second-order valence-corrected chi connectivity index (χ2v) is 11.0. The Hall–Kier alpha value is -2.88. The van der Waals surface area contributed by atoms with E-state index >= 15 is 0 Å². The minimum Gasteiger partial charge on any atom is -0.349 e. The topological polar surface area (TPSA) is 70.5 Å². The molecule has 10 heteroatoms. The largest absolute Gasteiger partial charge is 0.397 e. The van der Waals surface area contributed by atoms with Crippen LogP contribution in [0, 0.1) is 6.92 Å². The first-order valence-electron chi connectivity index (χ1n) is 13.6.